The van der Waals surface area contributed by atoms with Crippen LogP contribution in [0.4, 0.5) is 10.1 Å². The second-order valence-corrected chi connectivity index (χ2v) is 7.01. The average Bonchev–Trinajstić information content (AvgIpc) is 2.19. The molecule has 1 aliphatic carbocycles. The normalized spacial score (nSPS) is 18.1. The molecular weight excluding hydrogens is 291 g/mol. The fourth-order valence-electron chi connectivity index (χ4n) is 2.12. The van der Waals surface area contributed by atoms with E-state index in [1.807, 2.05) is 0 Å². The summed E-state index contributed by atoms with van der Waals surface area (Å²) in [6, 6.07) is 2.04. The third kappa shape index (κ3) is 3.01. The Kier molecular flexibility index (Phi) is 4.03. The van der Waals surface area contributed by atoms with Crippen molar-refractivity contribution in [3.8, 4) is 0 Å². The predicted octanol–water partition coefficient (Wildman–Crippen LogP) is 2.53. The van der Waals surface area contributed by atoms with E-state index in [4.69, 9.17) is 17.3 Å². The predicted molar refractivity (Wildman–Crippen MR) is 72.9 cm³/mol. The standard InChI is InChI=1S/C12H16ClFN2O2S/c1-7(8-3-2-4-8)16-19(17,18)11-6-9(15)5-10(13)12(11)14/h5-8,16H,2-4,15H2,1H3. The Bertz CT molecular complexity index is 588. The van der Waals surface area contributed by atoms with Gasteiger partial charge in [-0.05, 0) is 37.8 Å². The number of sulfonamides is 1. The Balaban J connectivity index is 2.28. The number of nitrogens with two attached hydrogens (primary N) is 1. The number of nitrogen functional groups attached to an aromatic ring is 1. The SMILES string of the molecule is CC(NS(=O)(=O)c1cc(N)cc(Cl)c1F)C1CCC1. The number of hydrogen-bond donors (Lipinski definition) is 2. The fourth-order valence-corrected chi connectivity index (χ4v) is 3.85. The van der Waals surface area contributed by atoms with Crippen molar-refractivity contribution in [1.29, 1.82) is 0 Å². The summed E-state index contributed by atoms with van der Waals surface area (Å²) in [6.07, 6.45) is 3.09. The van der Waals surface area contributed by atoms with Crippen molar-refractivity contribution in [2.45, 2.75) is 37.1 Å². The molecular formula is C12H16ClFN2O2S. The van der Waals surface area contributed by atoms with Gasteiger partial charge in [-0.1, -0.05) is 18.0 Å². The average molecular weight is 307 g/mol. The lowest BCUT2D eigenvalue weighted by Crippen LogP contribution is -2.40. The third-order valence-electron chi connectivity index (χ3n) is 3.50. The zero-order valence-electron chi connectivity index (χ0n) is 10.5. The summed E-state index contributed by atoms with van der Waals surface area (Å²) in [5.74, 6) is -0.654. The van der Waals surface area contributed by atoms with Crippen molar-refractivity contribution in [3.63, 3.8) is 0 Å². The van der Waals surface area contributed by atoms with Crippen LogP contribution in [0.5, 0.6) is 0 Å². The summed E-state index contributed by atoms with van der Waals surface area (Å²) in [6.45, 7) is 1.78. The minimum Gasteiger partial charge on any atom is -0.399 e. The van der Waals surface area contributed by atoms with Gasteiger partial charge < -0.3 is 5.73 Å². The quantitative estimate of drug-likeness (QED) is 0.840. The summed E-state index contributed by atoms with van der Waals surface area (Å²) in [7, 11) is -3.95. The largest absolute Gasteiger partial charge is 0.399 e. The van der Waals surface area contributed by atoms with Crippen LogP contribution in [0.1, 0.15) is 26.2 Å². The summed E-state index contributed by atoms with van der Waals surface area (Å²) >= 11 is 5.62. The maximum absolute atomic E-state index is 13.8. The Morgan fingerprint density at radius 2 is 2.11 bits per heavy atom. The Labute approximate surface area is 117 Å². The number of anilines is 1. The van der Waals surface area contributed by atoms with E-state index in [0.29, 0.717) is 5.92 Å². The molecule has 0 spiro atoms. The van der Waals surface area contributed by atoms with Crippen LogP contribution in [0.25, 0.3) is 0 Å². The summed E-state index contributed by atoms with van der Waals surface area (Å²) in [5.41, 5.74) is 5.62. The van der Waals surface area contributed by atoms with E-state index in [0.717, 1.165) is 25.3 Å². The molecule has 0 aromatic heterocycles. The smallest absolute Gasteiger partial charge is 0.243 e. The van der Waals surface area contributed by atoms with Crippen molar-refractivity contribution in [3.05, 3.63) is 23.0 Å². The van der Waals surface area contributed by atoms with Crippen molar-refractivity contribution >= 4 is 27.3 Å². The van der Waals surface area contributed by atoms with Crippen LogP contribution < -0.4 is 10.5 Å². The molecule has 2 rings (SSSR count). The van der Waals surface area contributed by atoms with Gasteiger partial charge in [0.05, 0.1) is 5.02 Å². The summed E-state index contributed by atoms with van der Waals surface area (Å²) in [5, 5.41) is -0.295. The number of nitrogens with one attached hydrogen (secondary N) is 1. The van der Waals surface area contributed by atoms with E-state index < -0.39 is 20.7 Å². The minimum atomic E-state index is -3.95. The second kappa shape index (κ2) is 5.26. The van der Waals surface area contributed by atoms with Crippen LogP contribution in [0.3, 0.4) is 0 Å². The molecule has 7 heteroatoms. The van der Waals surface area contributed by atoms with Gasteiger partial charge in [0, 0.05) is 11.7 Å². The number of rotatable bonds is 4. The van der Waals surface area contributed by atoms with Crippen LogP contribution in [0.2, 0.25) is 5.02 Å². The molecule has 19 heavy (non-hydrogen) atoms. The summed E-state index contributed by atoms with van der Waals surface area (Å²) < 4.78 is 40.6. The number of hydrogen-bond acceptors (Lipinski definition) is 3. The van der Waals surface area contributed by atoms with Crippen molar-refractivity contribution < 1.29 is 12.8 Å². The van der Waals surface area contributed by atoms with Gasteiger partial charge in [0.2, 0.25) is 10.0 Å². The molecule has 4 nitrogen and oxygen atoms in total. The lowest BCUT2D eigenvalue weighted by molar-refractivity contribution is 0.260. The molecule has 0 heterocycles. The van der Waals surface area contributed by atoms with Crippen LogP contribution in [0.15, 0.2) is 17.0 Å². The van der Waals surface area contributed by atoms with Gasteiger partial charge >= 0.3 is 0 Å². The number of halogens is 2. The molecule has 1 fully saturated rings. The Morgan fingerprint density at radius 1 is 1.47 bits per heavy atom. The van der Waals surface area contributed by atoms with E-state index in [1.54, 1.807) is 6.92 Å². The highest BCUT2D eigenvalue weighted by molar-refractivity contribution is 7.89. The molecule has 0 radical (unpaired) electrons. The summed E-state index contributed by atoms with van der Waals surface area (Å²) in [4.78, 5) is -0.497. The molecule has 1 aromatic carbocycles. The first-order chi connectivity index (χ1) is 8.81. The van der Waals surface area contributed by atoms with Crippen LogP contribution in [-0.4, -0.2) is 14.5 Å². The number of benzene rings is 1. The topological polar surface area (TPSA) is 72.2 Å². The first kappa shape index (κ1) is 14.6. The van der Waals surface area contributed by atoms with Gasteiger partial charge in [0.25, 0.3) is 0 Å². The Morgan fingerprint density at radius 3 is 2.63 bits per heavy atom. The molecule has 106 valence electrons. The minimum absolute atomic E-state index is 0.114. The van der Waals surface area contributed by atoms with Crippen molar-refractivity contribution in [1.82, 2.24) is 4.72 Å². The molecule has 0 bridgehead atoms. The zero-order valence-corrected chi connectivity index (χ0v) is 12.1. The van der Waals surface area contributed by atoms with Crippen LogP contribution >= 0.6 is 11.6 Å². The van der Waals surface area contributed by atoms with Gasteiger partial charge in [0.15, 0.2) is 5.82 Å². The molecule has 0 amide bonds. The van der Waals surface area contributed by atoms with Gasteiger partial charge in [-0.3, -0.25) is 0 Å². The fraction of sp³-hybridized carbons (Fsp3) is 0.500. The van der Waals surface area contributed by atoms with E-state index in [1.165, 1.54) is 6.07 Å². The lowest BCUT2D eigenvalue weighted by atomic mass is 9.81. The van der Waals surface area contributed by atoms with E-state index >= 15 is 0 Å². The molecule has 0 aliphatic heterocycles. The highest BCUT2D eigenvalue weighted by Crippen LogP contribution is 2.31. The highest BCUT2D eigenvalue weighted by atomic mass is 35.5. The molecule has 0 saturated heterocycles. The van der Waals surface area contributed by atoms with Gasteiger partial charge in [-0.2, -0.15) is 0 Å². The first-order valence-electron chi connectivity index (χ1n) is 6.08. The Hall–Kier alpha value is -0.850. The first-order valence-corrected chi connectivity index (χ1v) is 7.94. The van der Waals surface area contributed by atoms with Gasteiger partial charge in [0.1, 0.15) is 4.90 Å². The third-order valence-corrected chi connectivity index (χ3v) is 5.34. The molecule has 1 aliphatic rings. The van der Waals surface area contributed by atoms with Crippen LogP contribution in [-0.2, 0) is 10.0 Å². The molecule has 1 unspecified atom stereocenters. The molecule has 3 N–H and O–H groups in total. The monoisotopic (exact) mass is 306 g/mol. The van der Waals surface area contributed by atoms with Crippen molar-refractivity contribution in [2.75, 3.05) is 5.73 Å². The van der Waals surface area contributed by atoms with Crippen molar-refractivity contribution in [2.24, 2.45) is 5.92 Å². The van der Waals surface area contributed by atoms with E-state index in [2.05, 4.69) is 4.72 Å². The molecule has 1 saturated carbocycles. The van der Waals surface area contributed by atoms with Crippen LogP contribution in [0, 0.1) is 11.7 Å². The lowest BCUT2D eigenvalue weighted by Gasteiger charge is -2.31. The highest BCUT2D eigenvalue weighted by Gasteiger charge is 2.29. The van der Waals surface area contributed by atoms with Gasteiger partial charge in [-0.15, -0.1) is 0 Å². The second-order valence-electron chi connectivity index (χ2n) is 4.92. The molecule has 1 aromatic rings. The van der Waals surface area contributed by atoms with Gasteiger partial charge in [-0.25, -0.2) is 17.5 Å². The zero-order chi connectivity index (χ0) is 14.2. The maximum Gasteiger partial charge on any atom is 0.243 e. The molecule has 1 atom stereocenters. The van der Waals surface area contributed by atoms with E-state index in [-0.39, 0.29) is 16.8 Å². The van der Waals surface area contributed by atoms with E-state index in [9.17, 15) is 12.8 Å². The maximum atomic E-state index is 13.8.